The van der Waals surface area contributed by atoms with E-state index in [1.165, 1.54) is 0 Å². The van der Waals surface area contributed by atoms with Crippen LogP contribution in [0, 0.1) is 11.3 Å². The van der Waals surface area contributed by atoms with E-state index in [1.807, 2.05) is 13.0 Å². The van der Waals surface area contributed by atoms with Crippen molar-refractivity contribution in [1.82, 2.24) is 0 Å². The molecule has 0 aromatic rings. The van der Waals surface area contributed by atoms with Crippen LogP contribution in [0.1, 0.15) is 41.0 Å². The lowest BCUT2D eigenvalue weighted by Gasteiger charge is -2.52. The highest BCUT2D eigenvalue weighted by Gasteiger charge is 2.56. The van der Waals surface area contributed by atoms with Gasteiger partial charge in [-0.1, -0.05) is 27.7 Å². The summed E-state index contributed by atoms with van der Waals surface area (Å²) in [5.41, 5.74) is -0.0802. The zero-order valence-corrected chi connectivity index (χ0v) is 11.5. The summed E-state index contributed by atoms with van der Waals surface area (Å²) in [5, 5.41) is 11.0. The number of rotatable bonds is 1. The van der Waals surface area contributed by atoms with Gasteiger partial charge in [-0.2, -0.15) is 0 Å². The summed E-state index contributed by atoms with van der Waals surface area (Å²) in [6.45, 7) is 11.6. The van der Waals surface area contributed by atoms with E-state index in [2.05, 4.69) is 27.7 Å². The Balaban J connectivity index is 2.45. The SMILES string of the molecule is CC1=CC2(CC(C)(C)C1(O)C(C)C)OCCO2. The molecular formula is C14H24O3. The second-order valence-electron chi connectivity index (χ2n) is 6.32. The Hall–Kier alpha value is -0.380. The standard InChI is InChI=1S/C14H24O3/c1-10(2)14(15)11(3)8-13(9-12(14,4)5)16-6-7-17-13/h8,10,15H,6-7,9H2,1-5H3. The van der Waals surface area contributed by atoms with Crippen LogP contribution in [0.2, 0.25) is 0 Å². The molecule has 1 aliphatic carbocycles. The van der Waals surface area contributed by atoms with Gasteiger partial charge in [0.05, 0.1) is 18.8 Å². The van der Waals surface area contributed by atoms with Crippen LogP contribution in [-0.2, 0) is 9.47 Å². The molecule has 0 aromatic heterocycles. The van der Waals surface area contributed by atoms with Gasteiger partial charge < -0.3 is 14.6 Å². The number of aliphatic hydroxyl groups is 1. The van der Waals surface area contributed by atoms with E-state index < -0.39 is 11.4 Å². The molecule has 2 aliphatic rings. The maximum Gasteiger partial charge on any atom is 0.188 e. The molecule has 3 heteroatoms. The monoisotopic (exact) mass is 240 g/mol. The van der Waals surface area contributed by atoms with E-state index in [0.29, 0.717) is 19.6 Å². The van der Waals surface area contributed by atoms with Crippen molar-refractivity contribution in [3.8, 4) is 0 Å². The van der Waals surface area contributed by atoms with Crippen LogP contribution in [0.5, 0.6) is 0 Å². The Kier molecular flexibility index (Phi) is 2.92. The minimum atomic E-state index is -0.784. The summed E-state index contributed by atoms with van der Waals surface area (Å²) in [7, 11) is 0. The zero-order chi connectivity index (χ0) is 12.9. The molecule has 98 valence electrons. The van der Waals surface area contributed by atoms with Gasteiger partial charge in [0.25, 0.3) is 0 Å². The minimum Gasteiger partial charge on any atom is -0.385 e. The third-order valence-corrected chi connectivity index (χ3v) is 4.37. The van der Waals surface area contributed by atoms with Gasteiger partial charge in [0.1, 0.15) is 0 Å². The van der Waals surface area contributed by atoms with Gasteiger partial charge in [0.2, 0.25) is 0 Å². The molecule has 1 fully saturated rings. The molecule has 1 N–H and O–H groups in total. The van der Waals surface area contributed by atoms with Gasteiger partial charge in [-0.15, -0.1) is 0 Å². The van der Waals surface area contributed by atoms with Crippen LogP contribution in [0.15, 0.2) is 11.6 Å². The highest BCUT2D eigenvalue weighted by molar-refractivity contribution is 5.28. The lowest BCUT2D eigenvalue weighted by Crippen LogP contribution is -2.57. The van der Waals surface area contributed by atoms with E-state index in [0.717, 1.165) is 5.57 Å². The summed E-state index contributed by atoms with van der Waals surface area (Å²) < 4.78 is 11.5. The zero-order valence-electron chi connectivity index (χ0n) is 11.5. The summed E-state index contributed by atoms with van der Waals surface area (Å²) in [4.78, 5) is 0. The van der Waals surface area contributed by atoms with Crippen LogP contribution < -0.4 is 0 Å². The van der Waals surface area contributed by atoms with Gasteiger partial charge in [0.15, 0.2) is 5.79 Å². The third kappa shape index (κ3) is 1.76. The topological polar surface area (TPSA) is 38.7 Å². The lowest BCUT2D eigenvalue weighted by molar-refractivity contribution is -0.189. The van der Waals surface area contributed by atoms with E-state index in [9.17, 15) is 5.11 Å². The summed E-state index contributed by atoms with van der Waals surface area (Å²) in [6.07, 6.45) is 2.68. The van der Waals surface area contributed by atoms with Gasteiger partial charge in [-0.25, -0.2) is 0 Å². The molecule has 0 saturated carbocycles. The van der Waals surface area contributed by atoms with Gasteiger partial charge in [0, 0.05) is 11.8 Å². The predicted molar refractivity (Wildman–Crippen MR) is 66.6 cm³/mol. The van der Waals surface area contributed by atoms with Crippen molar-refractivity contribution >= 4 is 0 Å². The molecule has 2 rings (SSSR count). The average molecular weight is 240 g/mol. The second-order valence-corrected chi connectivity index (χ2v) is 6.32. The average Bonchev–Trinajstić information content (AvgIpc) is 2.61. The van der Waals surface area contributed by atoms with Crippen molar-refractivity contribution in [1.29, 1.82) is 0 Å². The number of hydrogen-bond acceptors (Lipinski definition) is 3. The van der Waals surface area contributed by atoms with E-state index >= 15 is 0 Å². The molecule has 0 aromatic carbocycles. The van der Waals surface area contributed by atoms with Crippen molar-refractivity contribution in [2.45, 2.75) is 52.4 Å². The second kappa shape index (κ2) is 3.81. The largest absolute Gasteiger partial charge is 0.385 e. The molecule has 0 amide bonds. The lowest BCUT2D eigenvalue weighted by atomic mass is 9.59. The van der Waals surface area contributed by atoms with Crippen LogP contribution in [0.4, 0.5) is 0 Å². The molecule has 0 radical (unpaired) electrons. The van der Waals surface area contributed by atoms with Gasteiger partial charge >= 0.3 is 0 Å². The molecule has 1 heterocycles. The predicted octanol–water partition coefficient (Wildman–Crippen LogP) is 2.49. The van der Waals surface area contributed by atoms with Crippen molar-refractivity contribution in [3.05, 3.63) is 11.6 Å². The molecule has 1 aliphatic heterocycles. The third-order valence-electron chi connectivity index (χ3n) is 4.37. The first kappa shape index (κ1) is 13.1. The first-order valence-electron chi connectivity index (χ1n) is 6.44. The molecule has 1 saturated heterocycles. The number of hydrogen-bond donors (Lipinski definition) is 1. The maximum atomic E-state index is 11.0. The van der Waals surface area contributed by atoms with E-state index in [1.54, 1.807) is 0 Å². The normalized spacial score (nSPS) is 35.4. The Morgan fingerprint density at radius 3 is 2.18 bits per heavy atom. The molecule has 0 bridgehead atoms. The summed E-state index contributed by atoms with van der Waals surface area (Å²) >= 11 is 0. The molecule has 1 atom stereocenters. The van der Waals surface area contributed by atoms with Crippen LogP contribution in [-0.4, -0.2) is 29.7 Å². The van der Waals surface area contributed by atoms with Crippen LogP contribution in [0.3, 0.4) is 0 Å². The summed E-state index contributed by atoms with van der Waals surface area (Å²) in [5.74, 6) is -0.429. The molecule has 1 unspecified atom stereocenters. The Morgan fingerprint density at radius 1 is 1.24 bits per heavy atom. The first-order valence-corrected chi connectivity index (χ1v) is 6.44. The smallest absolute Gasteiger partial charge is 0.188 e. The molecular weight excluding hydrogens is 216 g/mol. The Bertz CT molecular complexity index is 337. The fourth-order valence-corrected chi connectivity index (χ4v) is 3.67. The van der Waals surface area contributed by atoms with E-state index in [4.69, 9.17) is 9.47 Å². The highest BCUT2D eigenvalue weighted by Crippen LogP contribution is 2.52. The van der Waals surface area contributed by atoms with Crippen molar-refractivity contribution in [2.24, 2.45) is 11.3 Å². The van der Waals surface area contributed by atoms with Crippen molar-refractivity contribution < 1.29 is 14.6 Å². The van der Waals surface area contributed by atoms with E-state index in [-0.39, 0.29) is 11.3 Å². The first-order chi connectivity index (χ1) is 7.74. The van der Waals surface area contributed by atoms with Gasteiger partial charge in [-0.3, -0.25) is 0 Å². The quantitative estimate of drug-likeness (QED) is 0.716. The molecule has 17 heavy (non-hydrogen) atoms. The van der Waals surface area contributed by atoms with Crippen molar-refractivity contribution in [2.75, 3.05) is 13.2 Å². The minimum absolute atomic E-state index is 0.174. The van der Waals surface area contributed by atoms with Crippen molar-refractivity contribution in [3.63, 3.8) is 0 Å². The maximum absolute atomic E-state index is 11.0. The Morgan fingerprint density at radius 2 is 1.76 bits per heavy atom. The van der Waals surface area contributed by atoms with Gasteiger partial charge in [-0.05, 0) is 24.5 Å². The fourth-order valence-electron chi connectivity index (χ4n) is 3.67. The molecule has 1 spiro atoms. The van der Waals surface area contributed by atoms with Crippen LogP contribution in [0.25, 0.3) is 0 Å². The Labute approximate surface area is 104 Å². The number of ether oxygens (including phenoxy) is 2. The van der Waals surface area contributed by atoms with Crippen LogP contribution >= 0.6 is 0 Å². The highest BCUT2D eigenvalue weighted by atomic mass is 16.7. The molecule has 3 nitrogen and oxygen atoms in total. The summed E-state index contributed by atoms with van der Waals surface area (Å²) in [6, 6.07) is 0. The fraction of sp³-hybridized carbons (Fsp3) is 0.857.